The number of hydrogen-bond acceptors (Lipinski definition) is 4. The summed E-state index contributed by atoms with van der Waals surface area (Å²) in [6.45, 7) is 8.30. The first-order valence-electron chi connectivity index (χ1n) is 12.3. The molecule has 1 fully saturated rings. The van der Waals surface area contributed by atoms with Crippen LogP contribution in [0.25, 0.3) is 0 Å². The first-order valence-corrected chi connectivity index (χ1v) is 12.3. The maximum absolute atomic E-state index is 13.5. The van der Waals surface area contributed by atoms with E-state index in [1.165, 1.54) is 0 Å². The van der Waals surface area contributed by atoms with Crippen LogP contribution < -0.4 is 15.1 Å². The lowest BCUT2D eigenvalue weighted by molar-refractivity contribution is -0.125. The lowest BCUT2D eigenvalue weighted by atomic mass is 9.95. The number of anilines is 2. The maximum atomic E-state index is 13.5. The first-order chi connectivity index (χ1) is 16.4. The fourth-order valence-corrected chi connectivity index (χ4v) is 4.85. The zero-order valence-electron chi connectivity index (χ0n) is 20.3. The topological polar surface area (TPSA) is 73.0 Å². The fourth-order valence-electron chi connectivity index (χ4n) is 4.85. The number of amides is 3. The number of fused-ring (bicyclic) bond motifs is 3. The van der Waals surface area contributed by atoms with Crippen LogP contribution in [0.15, 0.2) is 42.5 Å². The van der Waals surface area contributed by atoms with Crippen LogP contribution in [0.1, 0.15) is 54.6 Å². The Morgan fingerprint density at radius 2 is 1.76 bits per heavy atom. The molecule has 2 aliphatic rings. The summed E-state index contributed by atoms with van der Waals surface area (Å²) >= 11 is 0. The molecule has 0 spiro atoms. The summed E-state index contributed by atoms with van der Waals surface area (Å²) in [5.41, 5.74) is 4.28. The van der Waals surface area contributed by atoms with Gasteiger partial charge in [-0.15, -0.1) is 0 Å². The number of nitrogens with zero attached hydrogens (tertiary/aromatic N) is 3. The Kier molecular flexibility index (Phi) is 7.20. The van der Waals surface area contributed by atoms with Crippen LogP contribution in [-0.4, -0.2) is 54.8 Å². The Morgan fingerprint density at radius 3 is 2.47 bits per heavy atom. The number of benzene rings is 2. The summed E-state index contributed by atoms with van der Waals surface area (Å²) in [6.07, 6.45) is 2.80. The van der Waals surface area contributed by atoms with Crippen LogP contribution in [0.4, 0.5) is 11.4 Å². The van der Waals surface area contributed by atoms with Gasteiger partial charge in [-0.1, -0.05) is 29.8 Å². The second-order valence-electron chi connectivity index (χ2n) is 9.07. The zero-order chi connectivity index (χ0) is 24.2. The molecule has 0 radical (unpaired) electrons. The first kappa shape index (κ1) is 23.8. The number of carbonyl (C=O) groups is 3. The SMILES string of the molecule is CCN(CC)C(=O)c1ccc2c(c1)N(CC(=O)NCc1ccc(C)cc1)C(=O)C1CCCCN21. The van der Waals surface area contributed by atoms with E-state index < -0.39 is 0 Å². The minimum Gasteiger partial charge on any atom is -0.358 e. The summed E-state index contributed by atoms with van der Waals surface area (Å²) in [4.78, 5) is 44.9. The van der Waals surface area contributed by atoms with Gasteiger partial charge in [0.15, 0.2) is 0 Å². The van der Waals surface area contributed by atoms with E-state index in [1.54, 1.807) is 15.9 Å². The highest BCUT2D eigenvalue weighted by Crippen LogP contribution is 2.40. The Labute approximate surface area is 201 Å². The predicted molar refractivity (Wildman–Crippen MR) is 134 cm³/mol. The molecule has 0 saturated carbocycles. The average Bonchev–Trinajstić information content (AvgIpc) is 2.86. The van der Waals surface area contributed by atoms with Gasteiger partial charge in [0.25, 0.3) is 5.91 Å². The molecule has 180 valence electrons. The molecule has 0 aromatic heterocycles. The van der Waals surface area contributed by atoms with Crippen molar-refractivity contribution in [3.8, 4) is 0 Å². The summed E-state index contributed by atoms with van der Waals surface area (Å²) in [5.74, 6) is -0.348. The van der Waals surface area contributed by atoms with Crippen molar-refractivity contribution >= 4 is 29.1 Å². The molecule has 1 atom stereocenters. The molecule has 7 nitrogen and oxygen atoms in total. The minimum absolute atomic E-state index is 0.0645. The molecule has 0 aliphatic carbocycles. The van der Waals surface area contributed by atoms with Crippen molar-refractivity contribution in [1.29, 1.82) is 0 Å². The van der Waals surface area contributed by atoms with E-state index in [-0.39, 0.29) is 30.3 Å². The van der Waals surface area contributed by atoms with Gasteiger partial charge < -0.3 is 15.1 Å². The standard InChI is InChI=1S/C27H34N4O3/c1-4-29(5-2)26(33)21-13-14-22-24(16-21)31(27(34)23-8-6-7-15-30(22)23)18-25(32)28-17-20-11-9-19(3)10-12-20/h9-14,16,23H,4-8,15,17-18H2,1-3H3,(H,28,32). The average molecular weight is 463 g/mol. The molecule has 2 heterocycles. The largest absolute Gasteiger partial charge is 0.358 e. The van der Waals surface area contributed by atoms with E-state index in [0.29, 0.717) is 30.9 Å². The van der Waals surface area contributed by atoms with Gasteiger partial charge in [0.1, 0.15) is 12.6 Å². The number of aryl methyl sites for hydroxylation is 1. The molecule has 1 saturated heterocycles. The molecule has 1 unspecified atom stereocenters. The minimum atomic E-state index is -0.254. The van der Waals surface area contributed by atoms with E-state index >= 15 is 0 Å². The number of piperidine rings is 1. The highest BCUT2D eigenvalue weighted by molar-refractivity contribution is 6.09. The van der Waals surface area contributed by atoms with Gasteiger partial charge in [-0.2, -0.15) is 0 Å². The van der Waals surface area contributed by atoms with E-state index in [4.69, 9.17) is 0 Å². The van der Waals surface area contributed by atoms with Crippen molar-refractivity contribution in [1.82, 2.24) is 10.2 Å². The molecule has 34 heavy (non-hydrogen) atoms. The molecule has 1 N–H and O–H groups in total. The monoisotopic (exact) mass is 462 g/mol. The highest BCUT2D eigenvalue weighted by Gasteiger charge is 2.40. The molecule has 3 amide bonds. The number of rotatable bonds is 7. The van der Waals surface area contributed by atoms with Crippen LogP contribution in [0.5, 0.6) is 0 Å². The van der Waals surface area contributed by atoms with Gasteiger partial charge >= 0.3 is 0 Å². The van der Waals surface area contributed by atoms with Gasteiger partial charge in [0.2, 0.25) is 11.8 Å². The summed E-state index contributed by atoms with van der Waals surface area (Å²) < 4.78 is 0. The molecule has 4 rings (SSSR count). The van der Waals surface area contributed by atoms with Crippen molar-refractivity contribution in [2.75, 3.05) is 36.0 Å². The summed E-state index contributed by atoms with van der Waals surface area (Å²) in [5, 5.41) is 2.94. The lowest BCUT2D eigenvalue weighted by Crippen LogP contribution is -2.57. The van der Waals surface area contributed by atoms with Gasteiger partial charge in [-0.05, 0) is 63.8 Å². The van der Waals surface area contributed by atoms with Crippen molar-refractivity contribution in [3.63, 3.8) is 0 Å². The fraction of sp³-hybridized carbons (Fsp3) is 0.444. The normalized spacial score (nSPS) is 17.1. The Morgan fingerprint density at radius 1 is 1.03 bits per heavy atom. The Balaban J connectivity index is 1.60. The van der Waals surface area contributed by atoms with Crippen molar-refractivity contribution in [2.24, 2.45) is 0 Å². The van der Waals surface area contributed by atoms with Crippen LogP contribution >= 0.6 is 0 Å². The van der Waals surface area contributed by atoms with Gasteiger partial charge in [0, 0.05) is 31.7 Å². The predicted octanol–water partition coefficient (Wildman–Crippen LogP) is 3.50. The molecule has 2 aromatic carbocycles. The quantitative estimate of drug-likeness (QED) is 0.684. The van der Waals surface area contributed by atoms with Crippen molar-refractivity contribution in [2.45, 2.75) is 52.6 Å². The highest BCUT2D eigenvalue weighted by atomic mass is 16.2. The second kappa shape index (κ2) is 10.3. The van der Waals surface area contributed by atoms with E-state index in [0.717, 1.165) is 42.6 Å². The maximum Gasteiger partial charge on any atom is 0.253 e. The van der Waals surface area contributed by atoms with E-state index in [9.17, 15) is 14.4 Å². The van der Waals surface area contributed by atoms with Crippen LogP contribution in [0.2, 0.25) is 0 Å². The third kappa shape index (κ3) is 4.79. The smallest absolute Gasteiger partial charge is 0.253 e. The zero-order valence-corrected chi connectivity index (χ0v) is 20.3. The van der Waals surface area contributed by atoms with E-state index in [1.807, 2.05) is 57.2 Å². The second-order valence-corrected chi connectivity index (χ2v) is 9.07. The summed E-state index contributed by atoms with van der Waals surface area (Å²) in [7, 11) is 0. The van der Waals surface area contributed by atoms with Gasteiger partial charge in [0.05, 0.1) is 11.4 Å². The Hall–Kier alpha value is -3.35. The third-order valence-electron chi connectivity index (χ3n) is 6.84. The van der Waals surface area contributed by atoms with Crippen molar-refractivity contribution in [3.05, 3.63) is 59.2 Å². The van der Waals surface area contributed by atoms with Crippen LogP contribution in [-0.2, 0) is 16.1 Å². The molecule has 7 heteroatoms. The Bertz CT molecular complexity index is 1060. The number of nitrogens with one attached hydrogen (secondary N) is 1. The van der Waals surface area contributed by atoms with Gasteiger partial charge in [-0.25, -0.2) is 0 Å². The molecule has 0 bridgehead atoms. The molecule has 2 aromatic rings. The third-order valence-corrected chi connectivity index (χ3v) is 6.84. The molecule has 2 aliphatic heterocycles. The lowest BCUT2D eigenvalue weighted by Gasteiger charge is -2.45. The number of carbonyl (C=O) groups excluding carboxylic acids is 3. The van der Waals surface area contributed by atoms with Crippen LogP contribution in [0, 0.1) is 6.92 Å². The van der Waals surface area contributed by atoms with Crippen LogP contribution in [0.3, 0.4) is 0 Å². The number of hydrogen-bond donors (Lipinski definition) is 1. The molecular formula is C27H34N4O3. The summed E-state index contributed by atoms with van der Waals surface area (Å²) in [6, 6.07) is 13.3. The molecular weight excluding hydrogens is 428 g/mol. The van der Waals surface area contributed by atoms with E-state index in [2.05, 4.69) is 10.2 Å². The van der Waals surface area contributed by atoms with Gasteiger partial charge in [-0.3, -0.25) is 19.3 Å². The van der Waals surface area contributed by atoms with Crippen molar-refractivity contribution < 1.29 is 14.4 Å².